The number of H-pyrrole nitrogens is 1. The zero-order valence-corrected chi connectivity index (χ0v) is 19.2. The summed E-state index contributed by atoms with van der Waals surface area (Å²) in [7, 11) is 0. The lowest BCUT2D eigenvalue weighted by molar-refractivity contribution is -0.115. The highest BCUT2D eigenvalue weighted by atomic mass is 32.2. The molecule has 170 valence electrons. The number of rotatable bonds is 9. The van der Waals surface area contributed by atoms with E-state index in [1.807, 2.05) is 48.7 Å². The summed E-state index contributed by atoms with van der Waals surface area (Å²) in [6.07, 6.45) is 0.0969. The van der Waals surface area contributed by atoms with Gasteiger partial charge in [0.15, 0.2) is 5.16 Å². The van der Waals surface area contributed by atoms with Crippen molar-refractivity contribution in [3.8, 4) is 5.75 Å². The molecule has 2 aromatic heterocycles. The number of ether oxygens (including phenoxy) is 1. The Morgan fingerprint density at radius 3 is 2.67 bits per heavy atom. The Morgan fingerprint density at radius 2 is 1.91 bits per heavy atom. The number of fused-ring (bicyclic) bond motifs is 1. The van der Waals surface area contributed by atoms with Gasteiger partial charge in [-0.2, -0.15) is 0 Å². The van der Waals surface area contributed by atoms with Gasteiger partial charge in [-0.15, -0.1) is 10.2 Å². The molecule has 0 fully saturated rings. The molecule has 0 spiro atoms. The molecule has 33 heavy (non-hydrogen) atoms. The minimum absolute atomic E-state index is 0.0969. The fraction of sp³-hybridized carbons (Fsp3) is 0.261. The van der Waals surface area contributed by atoms with Crippen molar-refractivity contribution in [2.75, 3.05) is 11.9 Å². The molecule has 0 unspecified atom stereocenters. The number of para-hydroxylation sites is 1. The molecule has 0 saturated carbocycles. The first kappa shape index (κ1) is 22.5. The number of carbonyl (C=O) groups excluding carboxylic acids is 1. The normalized spacial score (nSPS) is 11.0. The number of aromatic nitrogens is 5. The first-order valence-corrected chi connectivity index (χ1v) is 11.6. The third kappa shape index (κ3) is 5.40. The van der Waals surface area contributed by atoms with E-state index in [0.717, 1.165) is 5.75 Å². The maximum absolute atomic E-state index is 12.5. The first-order valence-electron chi connectivity index (χ1n) is 10.6. The number of carbonyl (C=O) groups is 1. The molecule has 9 nitrogen and oxygen atoms in total. The lowest BCUT2D eigenvalue weighted by Gasteiger charge is -2.09. The van der Waals surface area contributed by atoms with Crippen LogP contribution in [0.1, 0.15) is 25.5 Å². The van der Waals surface area contributed by atoms with E-state index < -0.39 is 0 Å². The Balaban J connectivity index is 1.41. The van der Waals surface area contributed by atoms with E-state index in [-0.39, 0.29) is 17.9 Å². The van der Waals surface area contributed by atoms with Crippen LogP contribution >= 0.6 is 11.8 Å². The highest BCUT2D eigenvalue weighted by Gasteiger charge is 2.16. The first-order chi connectivity index (χ1) is 16.1. The molecule has 2 N–H and O–H groups in total. The number of nitrogens with one attached hydrogen (secondary N) is 2. The van der Waals surface area contributed by atoms with Crippen molar-refractivity contribution in [2.45, 2.75) is 37.7 Å². The third-order valence-electron chi connectivity index (χ3n) is 4.88. The Bertz CT molecular complexity index is 1320. The number of anilines is 1. The molecule has 4 aromatic rings. The zero-order chi connectivity index (χ0) is 23.2. The Labute approximate surface area is 194 Å². The molecule has 2 heterocycles. The summed E-state index contributed by atoms with van der Waals surface area (Å²) >= 11 is 1.41. The number of amides is 1. The average molecular weight is 465 g/mol. The standard InChI is InChI=1S/C23H24N6O3S/c1-3-29-20(13-21(30)24-15-9-11-16(12-10-15)32-4-2)27-28-23(29)33-14-19-25-18-8-6-5-7-17(18)22(31)26-19/h5-12H,3-4,13-14H2,1-2H3,(H,24,30)(H,25,26,31). The van der Waals surface area contributed by atoms with Crippen molar-refractivity contribution in [3.63, 3.8) is 0 Å². The minimum atomic E-state index is -0.182. The largest absolute Gasteiger partial charge is 0.494 e. The predicted molar refractivity (Wildman–Crippen MR) is 128 cm³/mol. The number of thioether (sulfide) groups is 1. The maximum Gasteiger partial charge on any atom is 0.258 e. The molecule has 4 rings (SSSR count). The molecular formula is C23H24N6O3S. The van der Waals surface area contributed by atoms with Crippen LogP contribution in [0.25, 0.3) is 10.9 Å². The second-order valence-corrected chi connectivity index (χ2v) is 8.09. The molecule has 0 radical (unpaired) electrons. The van der Waals surface area contributed by atoms with Crippen LogP contribution in [-0.2, 0) is 23.5 Å². The minimum Gasteiger partial charge on any atom is -0.494 e. The second-order valence-electron chi connectivity index (χ2n) is 7.14. The fourth-order valence-electron chi connectivity index (χ4n) is 3.36. The van der Waals surface area contributed by atoms with Crippen LogP contribution in [0.15, 0.2) is 58.5 Å². The smallest absolute Gasteiger partial charge is 0.258 e. The van der Waals surface area contributed by atoms with E-state index in [9.17, 15) is 9.59 Å². The maximum atomic E-state index is 12.5. The Hall–Kier alpha value is -3.66. The van der Waals surface area contributed by atoms with Gasteiger partial charge in [0.2, 0.25) is 5.91 Å². The molecule has 10 heteroatoms. The van der Waals surface area contributed by atoms with Crippen LogP contribution in [0.4, 0.5) is 5.69 Å². The lowest BCUT2D eigenvalue weighted by Crippen LogP contribution is -2.17. The number of nitrogens with zero attached hydrogens (tertiary/aromatic N) is 4. The van der Waals surface area contributed by atoms with Gasteiger partial charge in [0.05, 0.1) is 29.7 Å². The Kier molecular flexibility index (Phi) is 7.04. The van der Waals surface area contributed by atoms with Gasteiger partial charge in [-0.1, -0.05) is 23.9 Å². The molecule has 0 bridgehead atoms. The summed E-state index contributed by atoms with van der Waals surface area (Å²) in [6.45, 7) is 5.09. The summed E-state index contributed by atoms with van der Waals surface area (Å²) in [5, 5.41) is 12.5. The quantitative estimate of drug-likeness (QED) is 0.365. The van der Waals surface area contributed by atoms with E-state index in [1.54, 1.807) is 18.2 Å². The van der Waals surface area contributed by atoms with E-state index >= 15 is 0 Å². The van der Waals surface area contributed by atoms with Gasteiger partial charge >= 0.3 is 0 Å². The van der Waals surface area contributed by atoms with Crippen LogP contribution in [0.2, 0.25) is 0 Å². The number of aromatic amines is 1. The van der Waals surface area contributed by atoms with E-state index in [0.29, 0.717) is 52.3 Å². The van der Waals surface area contributed by atoms with Crippen LogP contribution in [0.5, 0.6) is 5.75 Å². The van der Waals surface area contributed by atoms with Gasteiger partial charge in [0.1, 0.15) is 17.4 Å². The monoisotopic (exact) mass is 464 g/mol. The van der Waals surface area contributed by atoms with Crippen molar-refractivity contribution < 1.29 is 9.53 Å². The molecule has 0 aliphatic carbocycles. The summed E-state index contributed by atoms with van der Waals surface area (Å²) in [6, 6.07) is 14.4. The Morgan fingerprint density at radius 1 is 1.12 bits per heavy atom. The molecule has 1 amide bonds. The van der Waals surface area contributed by atoms with Crippen molar-refractivity contribution in [1.29, 1.82) is 0 Å². The van der Waals surface area contributed by atoms with Gasteiger partial charge in [-0.3, -0.25) is 9.59 Å². The van der Waals surface area contributed by atoms with Crippen molar-refractivity contribution in [1.82, 2.24) is 24.7 Å². The van der Waals surface area contributed by atoms with Crippen LogP contribution in [0.3, 0.4) is 0 Å². The lowest BCUT2D eigenvalue weighted by atomic mass is 10.2. The summed E-state index contributed by atoms with van der Waals surface area (Å²) < 4.78 is 7.31. The summed E-state index contributed by atoms with van der Waals surface area (Å²) in [4.78, 5) is 32.1. The SMILES string of the molecule is CCOc1ccc(NC(=O)Cc2nnc(SCc3nc4ccccc4c(=O)[nH]3)n2CC)cc1. The van der Waals surface area contributed by atoms with Gasteiger partial charge in [0, 0.05) is 12.2 Å². The second kappa shape index (κ2) is 10.3. The van der Waals surface area contributed by atoms with Crippen molar-refractivity contribution in [2.24, 2.45) is 0 Å². The highest BCUT2D eigenvalue weighted by Crippen LogP contribution is 2.21. The summed E-state index contributed by atoms with van der Waals surface area (Å²) in [5.41, 5.74) is 1.17. The van der Waals surface area contributed by atoms with Gasteiger partial charge in [-0.05, 0) is 50.2 Å². The number of hydrogen-bond donors (Lipinski definition) is 2. The van der Waals surface area contributed by atoms with E-state index in [1.165, 1.54) is 11.8 Å². The number of hydrogen-bond acceptors (Lipinski definition) is 7. The van der Waals surface area contributed by atoms with E-state index in [4.69, 9.17) is 4.74 Å². The fourth-order valence-corrected chi connectivity index (χ4v) is 4.25. The molecular weight excluding hydrogens is 440 g/mol. The molecule has 0 saturated heterocycles. The van der Waals surface area contributed by atoms with Gasteiger partial charge < -0.3 is 19.6 Å². The van der Waals surface area contributed by atoms with Gasteiger partial charge in [-0.25, -0.2) is 4.98 Å². The van der Waals surface area contributed by atoms with Crippen LogP contribution in [-0.4, -0.2) is 37.2 Å². The molecule has 0 aliphatic rings. The van der Waals surface area contributed by atoms with Crippen molar-refractivity contribution in [3.05, 3.63) is 70.5 Å². The molecule has 2 aromatic carbocycles. The van der Waals surface area contributed by atoms with Crippen LogP contribution < -0.4 is 15.6 Å². The number of benzene rings is 2. The molecule has 0 atom stereocenters. The predicted octanol–water partition coefficient (Wildman–Crippen LogP) is 3.41. The average Bonchev–Trinajstić information content (AvgIpc) is 3.20. The topological polar surface area (TPSA) is 115 Å². The van der Waals surface area contributed by atoms with Crippen LogP contribution in [0, 0.1) is 0 Å². The highest BCUT2D eigenvalue weighted by molar-refractivity contribution is 7.98. The van der Waals surface area contributed by atoms with Crippen molar-refractivity contribution >= 4 is 34.3 Å². The third-order valence-corrected chi connectivity index (χ3v) is 5.86. The summed E-state index contributed by atoms with van der Waals surface area (Å²) in [5.74, 6) is 2.13. The van der Waals surface area contributed by atoms with Gasteiger partial charge in [0.25, 0.3) is 5.56 Å². The van der Waals surface area contributed by atoms with E-state index in [2.05, 4.69) is 25.5 Å². The molecule has 0 aliphatic heterocycles. The zero-order valence-electron chi connectivity index (χ0n) is 18.4.